The third-order valence-corrected chi connectivity index (χ3v) is 5.40. The lowest BCUT2D eigenvalue weighted by atomic mass is 10.0. The minimum absolute atomic E-state index is 0.0652. The second-order valence-electron chi connectivity index (χ2n) is 4.58. The normalized spacial score (nSPS) is 13.5. The lowest BCUT2D eigenvalue weighted by Gasteiger charge is -2.26. The van der Waals surface area contributed by atoms with Crippen molar-refractivity contribution in [1.82, 2.24) is 4.31 Å². The summed E-state index contributed by atoms with van der Waals surface area (Å²) in [5.41, 5.74) is 0. The number of hydrogen-bond acceptors (Lipinski definition) is 5. The molecular weight excluding hydrogens is 286 g/mol. The van der Waals surface area contributed by atoms with Gasteiger partial charge in [-0.3, -0.25) is 9.59 Å². The van der Waals surface area contributed by atoms with Crippen molar-refractivity contribution in [2.24, 2.45) is 5.92 Å². The van der Waals surface area contributed by atoms with E-state index in [1.54, 1.807) is 0 Å². The van der Waals surface area contributed by atoms with Gasteiger partial charge < -0.3 is 9.84 Å². The topological polar surface area (TPSA) is 101 Å². The summed E-state index contributed by atoms with van der Waals surface area (Å²) in [4.78, 5) is 22.3. The quantitative estimate of drug-likeness (QED) is 0.629. The predicted molar refractivity (Wildman–Crippen MR) is 73.7 cm³/mol. The largest absolute Gasteiger partial charge is 0.480 e. The van der Waals surface area contributed by atoms with Crippen LogP contribution in [0.5, 0.6) is 0 Å². The Labute approximate surface area is 120 Å². The van der Waals surface area contributed by atoms with Gasteiger partial charge in [-0.05, 0) is 12.8 Å². The second kappa shape index (κ2) is 8.21. The van der Waals surface area contributed by atoms with Gasteiger partial charge in [-0.1, -0.05) is 26.7 Å². The summed E-state index contributed by atoms with van der Waals surface area (Å²) in [6.07, 6.45) is 1.48. The highest BCUT2D eigenvalue weighted by atomic mass is 32.2. The number of carboxylic acid groups (broad SMARTS) is 1. The molecular formula is C12H23NO6S. The van der Waals surface area contributed by atoms with E-state index in [-0.39, 0.29) is 12.5 Å². The lowest BCUT2D eigenvalue weighted by molar-refractivity contribution is -0.141. The molecule has 0 saturated heterocycles. The number of ether oxygens (including phenoxy) is 1. The van der Waals surface area contributed by atoms with E-state index < -0.39 is 33.8 Å². The molecule has 0 fully saturated rings. The lowest BCUT2D eigenvalue weighted by Crippen LogP contribution is -2.45. The van der Waals surface area contributed by atoms with Crippen LogP contribution in [0.3, 0.4) is 0 Å². The summed E-state index contributed by atoms with van der Waals surface area (Å²) in [5.74, 6) is -2.09. The molecule has 0 amide bonds. The van der Waals surface area contributed by atoms with Crippen LogP contribution in [0.25, 0.3) is 0 Å². The Balaban J connectivity index is 5.29. The summed E-state index contributed by atoms with van der Waals surface area (Å²) in [7, 11) is -2.93. The predicted octanol–water partition coefficient (Wildman–Crippen LogP) is 0.701. The van der Waals surface area contributed by atoms with Crippen LogP contribution in [0, 0.1) is 5.92 Å². The first kappa shape index (κ1) is 18.9. The summed E-state index contributed by atoms with van der Waals surface area (Å²) >= 11 is 0. The van der Waals surface area contributed by atoms with Crippen LogP contribution >= 0.6 is 0 Å². The number of aliphatic carboxylic acids is 1. The molecule has 0 aliphatic carbocycles. The van der Waals surface area contributed by atoms with Crippen molar-refractivity contribution in [3.63, 3.8) is 0 Å². The van der Waals surface area contributed by atoms with Gasteiger partial charge in [0.25, 0.3) is 0 Å². The van der Waals surface area contributed by atoms with Gasteiger partial charge in [-0.25, -0.2) is 8.42 Å². The fourth-order valence-corrected chi connectivity index (χ4v) is 3.06. The van der Waals surface area contributed by atoms with Crippen molar-refractivity contribution in [2.45, 2.75) is 38.9 Å². The number of sulfonamides is 1. The van der Waals surface area contributed by atoms with Gasteiger partial charge in [-0.2, -0.15) is 4.31 Å². The van der Waals surface area contributed by atoms with Crippen molar-refractivity contribution < 1.29 is 27.9 Å². The molecule has 118 valence electrons. The van der Waals surface area contributed by atoms with Gasteiger partial charge in [0, 0.05) is 6.54 Å². The summed E-state index contributed by atoms with van der Waals surface area (Å²) in [6.45, 7) is 4.57. The maximum Gasteiger partial charge on any atom is 0.323 e. The number of methoxy groups -OCH3 is 1. The maximum absolute atomic E-state index is 12.2. The molecule has 0 heterocycles. The smallest absolute Gasteiger partial charge is 0.323 e. The number of nitrogens with zero attached hydrogens (tertiary/aromatic N) is 1. The van der Waals surface area contributed by atoms with Crippen molar-refractivity contribution in [3.05, 3.63) is 0 Å². The van der Waals surface area contributed by atoms with Crippen LogP contribution in [-0.4, -0.2) is 55.2 Å². The number of carbonyl (C=O) groups excluding carboxylic acids is 1. The van der Waals surface area contributed by atoms with Crippen molar-refractivity contribution in [3.8, 4) is 0 Å². The summed E-state index contributed by atoms with van der Waals surface area (Å²) in [6, 6.07) is 0. The van der Waals surface area contributed by atoms with E-state index in [1.807, 2.05) is 13.8 Å². The Morgan fingerprint density at radius 1 is 1.25 bits per heavy atom. The Morgan fingerprint density at radius 3 is 2.10 bits per heavy atom. The van der Waals surface area contributed by atoms with E-state index in [0.29, 0.717) is 0 Å². The Kier molecular flexibility index (Phi) is 7.74. The van der Waals surface area contributed by atoms with Gasteiger partial charge in [-0.15, -0.1) is 0 Å². The Bertz CT molecular complexity index is 429. The second-order valence-corrected chi connectivity index (χ2v) is 6.83. The van der Waals surface area contributed by atoms with Crippen LogP contribution in [0.4, 0.5) is 0 Å². The Morgan fingerprint density at radius 2 is 1.75 bits per heavy atom. The minimum Gasteiger partial charge on any atom is -0.480 e. The van der Waals surface area contributed by atoms with Crippen LogP contribution in [0.15, 0.2) is 0 Å². The first-order chi connectivity index (χ1) is 9.20. The van der Waals surface area contributed by atoms with E-state index >= 15 is 0 Å². The number of carbonyl (C=O) groups is 2. The molecule has 0 aromatic heterocycles. The molecule has 1 unspecified atom stereocenters. The molecule has 1 atom stereocenters. The van der Waals surface area contributed by atoms with Gasteiger partial charge in [0.2, 0.25) is 10.0 Å². The van der Waals surface area contributed by atoms with E-state index in [0.717, 1.165) is 31.2 Å². The molecule has 0 aliphatic heterocycles. The molecule has 8 heteroatoms. The third-order valence-electron chi connectivity index (χ3n) is 3.30. The zero-order valence-electron chi connectivity index (χ0n) is 12.3. The van der Waals surface area contributed by atoms with Gasteiger partial charge >= 0.3 is 11.9 Å². The van der Waals surface area contributed by atoms with Crippen LogP contribution in [-0.2, 0) is 24.3 Å². The molecule has 20 heavy (non-hydrogen) atoms. The number of esters is 1. The SMILES string of the molecule is CCC(CC)CN(CC(=O)OC)S(=O)(=O)C(C)C(=O)O. The molecule has 0 aliphatic rings. The first-order valence-electron chi connectivity index (χ1n) is 6.49. The third kappa shape index (κ3) is 5.09. The number of carboxylic acids is 1. The van der Waals surface area contributed by atoms with Crippen LogP contribution in [0.1, 0.15) is 33.6 Å². The van der Waals surface area contributed by atoms with E-state index in [9.17, 15) is 18.0 Å². The zero-order chi connectivity index (χ0) is 15.9. The average molecular weight is 309 g/mol. The number of hydrogen-bond donors (Lipinski definition) is 1. The molecule has 0 bridgehead atoms. The van der Waals surface area contributed by atoms with Crippen molar-refractivity contribution >= 4 is 22.0 Å². The molecule has 0 aromatic rings. The average Bonchev–Trinajstić information content (AvgIpc) is 2.41. The van der Waals surface area contributed by atoms with Crippen LogP contribution < -0.4 is 0 Å². The van der Waals surface area contributed by atoms with Gasteiger partial charge in [0.15, 0.2) is 5.25 Å². The summed E-state index contributed by atoms with van der Waals surface area (Å²) in [5, 5.41) is 7.29. The minimum atomic E-state index is -4.09. The fourth-order valence-electron chi connectivity index (χ4n) is 1.65. The summed E-state index contributed by atoms with van der Waals surface area (Å²) < 4.78 is 29.8. The van der Waals surface area contributed by atoms with Crippen LogP contribution in [0.2, 0.25) is 0 Å². The molecule has 0 rings (SSSR count). The molecule has 7 nitrogen and oxygen atoms in total. The van der Waals surface area contributed by atoms with E-state index in [1.165, 1.54) is 0 Å². The fraction of sp³-hybridized carbons (Fsp3) is 0.833. The monoisotopic (exact) mass is 309 g/mol. The number of rotatable bonds is 9. The van der Waals surface area contributed by atoms with Gasteiger partial charge in [0.1, 0.15) is 6.54 Å². The highest BCUT2D eigenvalue weighted by Crippen LogP contribution is 2.16. The first-order valence-corrected chi connectivity index (χ1v) is 7.99. The molecule has 1 N–H and O–H groups in total. The molecule has 0 radical (unpaired) electrons. The zero-order valence-corrected chi connectivity index (χ0v) is 13.1. The van der Waals surface area contributed by atoms with Gasteiger partial charge in [0.05, 0.1) is 7.11 Å². The highest BCUT2D eigenvalue weighted by Gasteiger charge is 2.35. The van der Waals surface area contributed by atoms with Crippen molar-refractivity contribution in [2.75, 3.05) is 20.2 Å². The standard InChI is InChI=1S/C12H23NO6S/c1-5-10(6-2)7-13(8-11(14)19-4)20(17,18)9(3)12(15)16/h9-10H,5-8H2,1-4H3,(H,15,16). The Hall–Kier alpha value is -1.15. The highest BCUT2D eigenvalue weighted by molar-refractivity contribution is 7.90. The van der Waals surface area contributed by atoms with Crippen molar-refractivity contribution in [1.29, 1.82) is 0 Å². The molecule has 0 aromatic carbocycles. The van der Waals surface area contributed by atoms with E-state index in [4.69, 9.17) is 5.11 Å². The molecule has 0 spiro atoms. The van der Waals surface area contributed by atoms with E-state index in [2.05, 4.69) is 4.74 Å². The maximum atomic E-state index is 12.2. The molecule has 0 saturated carbocycles.